The Hall–Kier alpha value is -1.13. The second kappa shape index (κ2) is 8.06. The van der Waals surface area contributed by atoms with E-state index in [1.54, 1.807) is 18.2 Å². The zero-order valence-corrected chi connectivity index (χ0v) is 12.2. The van der Waals surface area contributed by atoms with Gasteiger partial charge in [0.25, 0.3) is 10.1 Å². The summed E-state index contributed by atoms with van der Waals surface area (Å²) in [6, 6.07) is 0. The topological polar surface area (TPSA) is 54.4 Å². The molecule has 0 aromatic rings. The number of allylic oxidation sites excluding steroid dienone is 8. The molecule has 0 saturated heterocycles. The van der Waals surface area contributed by atoms with Gasteiger partial charge in [0, 0.05) is 6.42 Å². The minimum absolute atomic E-state index is 0.0191. The Kier molecular flexibility index (Phi) is 7.55. The first-order chi connectivity index (χ1) is 8.41. The molecule has 0 radical (unpaired) electrons. The van der Waals surface area contributed by atoms with Crippen molar-refractivity contribution < 1.29 is 13.0 Å². The summed E-state index contributed by atoms with van der Waals surface area (Å²) in [6.07, 6.45) is 10.8. The predicted molar refractivity (Wildman–Crippen MR) is 76.8 cm³/mol. The summed E-state index contributed by atoms with van der Waals surface area (Å²) in [7, 11) is -4.09. The van der Waals surface area contributed by atoms with E-state index < -0.39 is 10.1 Å². The van der Waals surface area contributed by atoms with Crippen LogP contribution in [0.5, 0.6) is 0 Å². The molecule has 1 N–H and O–H groups in total. The van der Waals surface area contributed by atoms with E-state index in [1.165, 1.54) is 6.08 Å². The smallest absolute Gasteiger partial charge is 0.282 e. The molecule has 1 aliphatic carbocycles. The van der Waals surface area contributed by atoms with Crippen LogP contribution in [-0.4, -0.2) is 13.0 Å². The van der Waals surface area contributed by atoms with Crippen LogP contribution in [0.15, 0.2) is 46.9 Å². The largest absolute Gasteiger partial charge is 0.290 e. The van der Waals surface area contributed by atoms with Gasteiger partial charge in [0.1, 0.15) is 0 Å². The maximum absolute atomic E-state index is 11.0. The van der Waals surface area contributed by atoms with Crippen LogP contribution in [0.25, 0.3) is 0 Å². The Morgan fingerprint density at radius 3 is 2.39 bits per heavy atom. The van der Waals surface area contributed by atoms with E-state index in [2.05, 4.69) is 0 Å². The molecule has 0 amide bonds. The summed E-state index contributed by atoms with van der Waals surface area (Å²) in [6.45, 7) is 7.96. The fourth-order valence-corrected chi connectivity index (χ4v) is 1.83. The molecule has 102 valence electrons. The lowest BCUT2D eigenvalue weighted by molar-refractivity contribution is 0.490. The molecule has 1 aliphatic rings. The Morgan fingerprint density at radius 1 is 1.22 bits per heavy atom. The van der Waals surface area contributed by atoms with Gasteiger partial charge >= 0.3 is 0 Å². The van der Waals surface area contributed by atoms with Crippen molar-refractivity contribution in [2.75, 3.05) is 0 Å². The van der Waals surface area contributed by atoms with E-state index in [9.17, 15) is 8.42 Å². The molecule has 0 heterocycles. The third-order valence-electron chi connectivity index (χ3n) is 2.55. The van der Waals surface area contributed by atoms with E-state index in [4.69, 9.17) is 4.55 Å². The summed E-state index contributed by atoms with van der Waals surface area (Å²) in [5.74, 6) is 0.252. The third-order valence-corrected chi connectivity index (χ3v) is 3.51. The molecule has 1 atom stereocenters. The molecule has 1 rings (SSSR count). The lowest BCUT2D eigenvalue weighted by Gasteiger charge is -2.07. The average molecular weight is 270 g/mol. The van der Waals surface area contributed by atoms with Crippen LogP contribution in [0.2, 0.25) is 0 Å². The number of hydrogen-bond acceptors (Lipinski definition) is 2. The van der Waals surface area contributed by atoms with Crippen LogP contribution in [0.4, 0.5) is 0 Å². The Bertz CT molecular complexity index is 465. The van der Waals surface area contributed by atoms with Crippen LogP contribution in [-0.2, 0) is 10.1 Å². The van der Waals surface area contributed by atoms with Gasteiger partial charge < -0.3 is 0 Å². The highest BCUT2D eigenvalue weighted by Gasteiger charge is 2.11. The summed E-state index contributed by atoms with van der Waals surface area (Å²) < 4.78 is 31.1. The van der Waals surface area contributed by atoms with Crippen molar-refractivity contribution in [2.24, 2.45) is 5.92 Å². The lowest BCUT2D eigenvalue weighted by atomic mass is 10.0. The molecule has 0 fully saturated rings. The van der Waals surface area contributed by atoms with Crippen molar-refractivity contribution >= 4 is 10.1 Å². The predicted octanol–water partition coefficient (Wildman–Crippen LogP) is 3.88. The van der Waals surface area contributed by atoms with Crippen molar-refractivity contribution in [3.8, 4) is 0 Å². The summed E-state index contributed by atoms with van der Waals surface area (Å²) in [5, 5.41) is 0. The van der Waals surface area contributed by atoms with Gasteiger partial charge in [-0.3, -0.25) is 4.55 Å². The maximum atomic E-state index is 11.0. The molecule has 0 bridgehead atoms. The van der Waals surface area contributed by atoms with E-state index in [0.29, 0.717) is 0 Å². The van der Waals surface area contributed by atoms with Crippen LogP contribution >= 0.6 is 0 Å². The average Bonchev–Trinajstić information content (AvgIpc) is 2.32. The molecule has 18 heavy (non-hydrogen) atoms. The number of rotatable bonds is 1. The first-order valence-electron chi connectivity index (χ1n) is 6.09. The summed E-state index contributed by atoms with van der Waals surface area (Å²) >= 11 is 0. The van der Waals surface area contributed by atoms with Crippen molar-refractivity contribution in [3.63, 3.8) is 0 Å². The van der Waals surface area contributed by atoms with E-state index >= 15 is 0 Å². The molecule has 0 aromatic heterocycles. The molecule has 4 heteroatoms. The van der Waals surface area contributed by atoms with Gasteiger partial charge in [-0.05, 0) is 18.9 Å². The van der Waals surface area contributed by atoms with Crippen LogP contribution < -0.4 is 0 Å². The Labute approximate surface area is 110 Å². The molecule has 0 aromatic carbocycles. The quantitative estimate of drug-likeness (QED) is 0.736. The first-order valence-corrected chi connectivity index (χ1v) is 7.53. The second-order valence-corrected chi connectivity index (χ2v) is 5.30. The zero-order chi connectivity index (χ0) is 14.2. The molecule has 0 aliphatic heterocycles. The van der Waals surface area contributed by atoms with Gasteiger partial charge in [-0.2, -0.15) is 8.42 Å². The van der Waals surface area contributed by atoms with Gasteiger partial charge in [0.15, 0.2) is 0 Å². The molecular weight excluding hydrogens is 248 g/mol. The maximum Gasteiger partial charge on any atom is 0.290 e. The van der Waals surface area contributed by atoms with Crippen LogP contribution in [0.3, 0.4) is 0 Å². The van der Waals surface area contributed by atoms with Gasteiger partial charge in [0.05, 0.1) is 4.91 Å². The monoisotopic (exact) mass is 270 g/mol. The normalized spacial score (nSPS) is 29.7. The second-order valence-electron chi connectivity index (χ2n) is 3.82. The lowest BCUT2D eigenvalue weighted by Crippen LogP contribution is -2.01. The fourth-order valence-electron chi connectivity index (χ4n) is 1.28. The summed E-state index contributed by atoms with van der Waals surface area (Å²) in [4.78, 5) is 0.0191. The van der Waals surface area contributed by atoms with Crippen LogP contribution in [0, 0.1) is 5.92 Å². The van der Waals surface area contributed by atoms with Crippen molar-refractivity contribution in [2.45, 2.75) is 34.1 Å². The standard InChI is InChI=1S/C12H16O3S.C2H6/c1-10-6-4-3-5-7-12(16(13,14)15)9-8-11(10)2;1-2/h3-6,8-10H,7H2,1-2H3,(H,13,14,15);1-2H3/b5-3-,6-4-,11-8-,12-9+;. The molecular formula is C14H22O3S. The van der Waals surface area contributed by atoms with E-state index in [1.807, 2.05) is 39.8 Å². The van der Waals surface area contributed by atoms with Crippen molar-refractivity contribution in [3.05, 3.63) is 46.9 Å². The van der Waals surface area contributed by atoms with Crippen molar-refractivity contribution in [1.29, 1.82) is 0 Å². The molecule has 1 unspecified atom stereocenters. The van der Waals surface area contributed by atoms with Gasteiger partial charge in [-0.25, -0.2) is 0 Å². The molecule has 0 saturated carbocycles. The molecule has 3 nitrogen and oxygen atoms in total. The van der Waals surface area contributed by atoms with Gasteiger partial charge in [-0.1, -0.05) is 56.7 Å². The van der Waals surface area contributed by atoms with Gasteiger partial charge in [-0.15, -0.1) is 0 Å². The highest BCUT2D eigenvalue weighted by Crippen LogP contribution is 2.16. The zero-order valence-electron chi connectivity index (χ0n) is 11.4. The van der Waals surface area contributed by atoms with Crippen LogP contribution in [0.1, 0.15) is 34.1 Å². The Morgan fingerprint density at radius 2 is 1.83 bits per heavy atom. The highest BCUT2D eigenvalue weighted by molar-refractivity contribution is 7.89. The third kappa shape index (κ3) is 5.98. The SMILES string of the molecule is C/C1=C/C=C(/S(=O)(=O)O)C/C=C\C=C/C1C.CC. The molecule has 0 spiro atoms. The van der Waals surface area contributed by atoms with E-state index in [-0.39, 0.29) is 17.2 Å². The van der Waals surface area contributed by atoms with Crippen molar-refractivity contribution in [1.82, 2.24) is 0 Å². The highest BCUT2D eigenvalue weighted by atomic mass is 32.2. The van der Waals surface area contributed by atoms with E-state index in [0.717, 1.165) is 5.57 Å². The summed E-state index contributed by atoms with van der Waals surface area (Å²) in [5.41, 5.74) is 1.05. The minimum atomic E-state index is -4.09. The first kappa shape index (κ1) is 16.9. The van der Waals surface area contributed by atoms with Gasteiger partial charge in [0.2, 0.25) is 0 Å². The minimum Gasteiger partial charge on any atom is -0.282 e. The Balaban J connectivity index is 0.00000137. The number of hydrogen-bond donors (Lipinski definition) is 1. The fraction of sp³-hybridized carbons (Fsp3) is 0.429.